The van der Waals surface area contributed by atoms with Crippen LogP contribution >= 0.6 is 15.9 Å². The molecule has 1 aromatic rings. The summed E-state index contributed by atoms with van der Waals surface area (Å²) < 4.78 is 13.9. The highest BCUT2D eigenvalue weighted by molar-refractivity contribution is 9.10. The van der Waals surface area contributed by atoms with Crippen LogP contribution in [0.2, 0.25) is 0 Å². The van der Waals surface area contributed by atoms with E-state index >= 15 is 0 Å². The Morgan fingerprint density at radius 1 is 1.38 bits per heavy atom. The highest BCUT2D eigenvalue weighted by Crippen LogP contribution is 2.19. The summed E-state index contributed by atoms with van der Waals surface area (Å²) in [5.74, 6) is -0.201. The minimum atomic E-state index is -0.201. The summed E-state index contributed by atoms with van der Waals surface area (Å²) in [6, 6.07) is 6.27. The Balaban J connectivity index is 1.97. The summed E-state index contributed by atoms with van der Waals surface area (Å²) in [5, 5.41) is 3.41. The number of rotatable bonds is 5. The maximum Gasteiger partial charge on any atom is 0.137 e. The van der Waals surface area contributed by atoms with Crippen LogP contribution in [0.5, 0.6) is 0 Å². The molecule has 2 rings (SSSR count). The van der Waals surface area contributed by atoms with Gasteiger partial charge in [0.25, 0.3) is 0 Å². The molecule has 0 amide bonds. The van der Waals surface area contributed by atoms with Gasteiger partial charge in [0.2, 0.25) is 0 Å². The van der Waals surface area contributed by atoms with Crippen LogP contribution in [0.15, 0.2) is 22.7 Å². The molecule has 5 heteroatoms. The summed E-state index contributed by atoms with van der Waals surface area (Å²) in [6.07, 6.45) is 2.02. The Labute approximate surface area is 135 Å². The second-order valence-corrected chi connectivity index (χ2v) is 6.92. The Bertz CT molecular complexity index is 469. The Kier molecular flexibility index (Phi) is 6.17. The zero-order valence-corrected chi connectivity index (χ0v) is 14.7. The predicted octanol–water partition coefficient (Wildman–Crippen LogP) is 2.35. The lowest BCUT2D eigenvalue weighted by molar-refractivity contribution is 0.102. The molecule has 21 heavy (non-hydrogen) atoms. The lowest BCUT2D eigenvalue weighted by Crippen LogP contribution is -2.52. The van der Waals surface area contributed by atoms with E-state index < -0.39 is 0 Å². The topological polar surface area (TPSA) is 18.5 Å². The Hall–Kier alpha value is -0.490. The van der Waals surface area contributed by atoms with E-state index in [1.807, 2.05) is 19.2 Å². The minimum absolute atomic E-state index is 0.201. The first-order valence-corrected chi connectivity index (χ1v) is 8.29. The van der Waals surface area contributed by atoms with Crippen molar-refractivity contribution >= 4 is 15.9 Å². The van der Waals surface area contributed by atoms with Crippen molar-refractivity contribution in [3.05, 3.63) is 34.1 Å². The molecular weight excluding hydrogens is 333 g/mol. The number of nitrogens with one attached hydrogen (secondary N) is 1. The zero-order valence-electron chi connectivity index (χ0n) is 13.1. The lowest BCUT2D eigenvalue weighted by atomic mass is 9.97. The number of hydrogen-bond donors (Lipinski definition) is 1. The van der Waals surface area contributed by atoms with Crippen molar-refractivity contribution in [3.63, 3.8) is 0 Å². The molecule has 1 aromatic carbocycles. The predicted molar refractivity (Wildman–Crippen MR) is 89.2 cm³/mol. The molecule has 3 nitrogen and oxygen atoms in total. The second-order valence-electron chi connectivity index (χ2n) is 6.07. The number of likely N-dealkylation sites (N-methyl/N-ethyl adjacent to an activating group) is 3. The highest BCUT2D eigenvalue weighted by Gasteiger charge is 2.24. The van der Waals surface area contributed by atoms with Crippen LogP contribution in [0, 0.1) is 5.82 Å². The number of hydrogen-bond acceptors (Lipinski definition) is 3. The Morgan fingerprint density at radius 3 is 2.81 bits per heavy atom. The fourth-order valence-electron chi connectivity index (χ4n) is 2.94. The number of halogens is 2. The largest absolute Gasteiger partial charge is 0.317 e. The molecule has 0 saturated carbocycles. The molecule has 0 radical (unpaired) electrons. The average Bonchev–Trinajstić information content (AvgIpc) is 2.46. The maximum atomic E-state index is 13.3. The van der Waals surface area contributed by atoms with Crippen molar-refractivity contribution in [2.45, 2.75) is 24.9 Å². The first kappa shape index (κ1) is 16.9. The average molecular weight is 358 g/mol. The molecule has 1 aliphatic heterocycles. The van der Waals surface area contributed by atoms with Gasteiger partial charge in [-0.05, 0) is 67.6 Å². The number of piperazine rings is 1. The van der Waals surface area contributed by atoms with Crippen molar-refractivity contribution in [1.82, 2.24) is 15.1 Å². The monoisotopic (exact) mass is 357 g/mol. The van der Waals surface area contributed by atoms with Gasteiger partial charge in [-0.2, -0.15) is 0 Å². The van der Waals surface area contributed by atoms with Gasteiger partial charge in [0, 0.05) is 31.7 Å². The third kappa shape index (κ3) is 4.74. The number of nitrogens with zero attached hydrogens (tertiary/aromatic N) is 2. The van der Waals surface area contributed by atoms with Gasteiger partial charge >= 0.3 is 0 Å². The fraction of sp³-hybridized carbons (Fsp3) is 0.625. The van der Waals surface area contributed by atoms with Gasteiger partial charge in [0.05, 0.1) is 4.47 Å². The summed E-state index contributed by atoms with van der Waals surface area (Å²) in [4.78, 5) is 4.84. The van der Waals surface area contributed by atoms with E-state index in [9.17, 15) is 4.39 Å². The van der Waals surface area contributed by atoms with Gasteiger partial charge in [-0.25, -0.2) is 4.39 Å². The normalized spacial score (nSPS) is 22.4. The van der Waals surface area contributed by atoms with Gasteiger partial charge < -0.3 is 15.1 Å². The van der Waals surface area contributed by atoms with E-state index in [1.54, 1.807) is 0 Å². The Morgan fingerprint density at radius 2 is 2.14 bits per heavy atom. The maximum absolute atomic E-state index is 13.3. The summed E-state index contributed by atoms with van der Waals surface area (Å²) in [7, 11) is 6.40. The molecule has 0 spiro atoms. The van der Waals surface area contributed by atoms with Crippen LogP contribution in [0.1, 0.15) is 12.0 Å². The van der Waals surface area contributed by atoms with Crippen LogP contribution < -0.4 is 5.32 Å². The summed E-state index contributed by atoms with van der Waals surface area (Å²) >= 11 is 3.26. The molecule has 0 aliphatic carbocycles. The van der Waals surface area contributed by atoms with E-state index in [4.69, 9.17) is 0 Å². The van der Waals surface area contributed by atoms with E-state index in [-0.39, 0.29) is 5.82 Å². The van der Waals surface area contributed by atoms with E-state index in [0.717, 1.165) is 38.0 Å². The van der Waals surface area contributed by atoms with Crippen molar-refractivity contribution in [2.24, 2.45) is 0 Å². The summed E-state index contributed by atoms with van der Waals surface area (Å²) in [6.45, 7) is 3.38. The van der Waals surface area contributed by atoms with E-state index in [1.165, 1.54) is 6.07 Å². The molecule has 1 saturated heterocycles. The molecule has 2 unspecified atom stereocenters. The van der Waals surface area contributed by atoms with Crippen LogP contribution in [-0.2, 0) is 6.42 Å². The standard InChI is InChI=1S/C16H25BrFN3/c1-19-13(8-12-4-5-16(18)15(17)9-12)10-14-11-20(2)6-7-21(14)3/h4-5,9,13-14,19H,6-8,10-11H2,1-3H3. The van der Waals surface area contributed by atoms with Crippen molar-refractivity contribution in [3.8, 4) is 0 Å². The molecule has 1 heterocycles. The molecule has 118 valence electrons. The molecule has 2 atom stereocenters. The van der Waals surface area contributed by atoms with Crippen molar-refractivity contribution in [2.75, 3.05) is 40.8 Å². The van der Waals surface area contributed by atoms with Crippen molar-refractivity contribution in [1.29, 1.82) is 0 Å². The molecule has 0 aromatic heterocycles. The van der Waals surface area contributed by atoms with Crippen LogP contribution in [-0.4, -0.2) is 62.7 Å². The third-order valence-corrected chi connectivity index (χ3v) is 5.02. The van der Waals surface area contributed by atoms with Crippen LogP contribution in [0.3, 0.4) is 0 Å². The first-order chi connectivity index (χ1) is 9.99. The molecule has 1 N–H and O–H groups in total. The smallest absolute Gasteiger partial charge is 0.137 e. The van der Waals surface area contributed by atoms with Crippen molar-refractivity contribution < 1.29 is 4.39 Å². The van der Waals surface area contributed by atoms with Crippen LogP contribution in [0.25, 0.3) is 0 Å². The van der Waals surface area contributed by atoms with Gasteiger partial charge in [-0.3, -0.25) is 0 Å². The quantitative estimate of drug-likeness (QED) is 0.872. The summed E-state index contributed by atoms with van der Waals surface area (Å²) in [5.41, 5.74) is 1.16. The highest BCUT2D eigenvalue weighted by atomic mass is 79.9. The minimum Gasteiger partial charge on any atom is -0.317 e. The van der Waals surface area contributed by atoms with E-state index in [2.05, 4.69) is 45.1 Å². The second kappa shape index (κ2) is 7.68. The molecular formula is C16H25BrFN3. The lowest BCUT2D eigenvalue weighted by Gasteiger charge is -2.39. The third-order valence-electron chi connectivity index (χ3n) is 4.41. The van der Waals surface area contributed by atoms with Gasteiger partial charge in [-0.15, -0.1) is 0 Å². The zero-order chi connectivity index (χ0) is 15.4. The SMILES string of the molecule is CNC(Cc1ccc(F)c(Br)c1)CC1CN(C)CCN1C. The van der Waals surface area contributed by atoms with Gasteiger partial charge in [0.1, 0.15) is 5.82 Å². The molecule has 1 fully saturated rings. The van der Waals surface area contributed by atoms with E-state index in [0.29, 0.717) is 16.6 Å². The van der Waals surface area contributed by atoms with Gasteiger partial charge in [-0.1, -0.05) is 6.07 Å². The molecule has 0 bridgehead atoms. The number of benzene rings is 1. The van der Waals surface area contributed by atoms with Crippen LogP contribution in [0.4, 0.5) is 4.39 Å². The van der Waals surface area contributed by atoms with Gasteiger partial charge in [0.15, 0.2) is 0 Å². The first-order valence-electron chi connectivity index (χ1n) is 7.49. The fourth-order valence-corrected chi connectivity index (χ4v) is 3.36. The molecule has 1 aliphatic rings.